The molecule has 0 heterocycles. The molecular formula is C12H11F3N2O3. The second-order valence-corrected chi connectivity index (χ2v) is 4.47. The number of carbonyl (C=O) groups excluding carboxylic acids is 1. The highest BCUT2D eigenvalue weighted by Crippen LogP contribution is 2.32. The average Bonchev–Trinajstić information content (AvgIpc) is 3.11. The van der Waals surface area contributed by atoms with Crippen molar-refractivity contribution in [2.45, 2.75) is 25.1 Å². The Hall–Kier alpha value is -2.25. The SMILES string of the molecule is O=C(Nc1cc(C(=O)O)cc(C(F)(F)F)c1)NC1CC1. The van der Waals surface area contributed by atoms with Crippen LogP contribution in [0.25, 0.3) is 0 Å². The molecule has 8 heteroatoms. The number of hydrogen-bond donors (Lipinski definition) is 3. The van der Waals surface area contributed by atoms with Crippen LogP contribution in [0.15, 0.2) is 18.2 Å². The highest BCUT2D eigenvalue weighted by Gasteiger charge is 2.32. The van der Waals surface area contributed by atoms with Gasteiger partial charge in [0.25, 0.3) is 0 Å². The molecule has 1 aliphatic carbocycles. The number of amides is 2. The molecule has 0 aliphatic heterocycles. The first-order valence-corrected chi connectivity index (χ1v) is 5.79. The second-order valence-electron chi connectivity index (χ2n) is 4.47. The number of hydrogen-bond acceptors (Lipinski definition) is 2. The van der Waals surface area contributed by atoms with Crippen LogP contribution in [0.4, 0.5) is 23.7 Å². The van der Waals surface area contributed by atoms with E-state index in [1.807, 2.05) is 0 Å². The van der Waals surface area contributed by atoms with E-state index < -0.39 is 29.3 Å². The van der Waals surface area contributed by atoms with Crippen molar-refractivity contribution in [2.24, 2.45) is 0 Å². The van der Waals surface area contributed by atoms with E-state index in [1.165, 1.54) is 0 Å². The number of urea groups is 1. The lowest BCUT2D eigenvalue weighted by molar-refractivity contribution is -0.137. The Morgan fingerprint density at radius 1 is 1.20 bits per heavy atom. The number of carbonyl (C=O) groups is 2. The molecule has 0 bridgehead atoms. The molecule has 1 aliphatic rings. The number of carboxylic acids is 1. The molecule has 1 aromatic carbocycles. The molecule has 0 saturated heterocycles. The molecule has 0 spiro atoms. The Morgan fingerprint density at radius 2 is 1.85 bits per heavy atom. The Kier molecular flexibility index (Phi) is 3.56. The van der Waals surface area contributed by atoms with Gasteiger partial charge >= 0.3 is 18.2 Å². The highest BCUT2D eigenvalue weighted by molar-refractivity contribution is 5.93. The molecule has 2 amide bonds. The van der Waals surface area contributed by atoms with Gasteiger partial charge in [-0.25, -0.2) is 9.59 Å². The van der Waals surface area contributed by atoms with Crippen LogP contribution in [0.2, 0.25) is 0 Å². The van der Waals surface area contributed by atoms with Gasteiger partial charge in [-0.05, 0) is 31.0 Å². The predicted molar refractivity (Wildman–Crippen MR) is 63.6 cm³/mol. The summed E-state index contributed by atoms with van der Waals surface area (Å²) in [5, 5.41) is 13.5. The maximum absolute atomic E-state index is 12.6. The number of alkyl halides is 3. The van der Waals surface area contributed by atoms with Crippen LogP contribution in [0.5, 0.6) is 0 Å². The Balaban J connectivity index is 2.24. The Morgan fingerprint density at radius 3 is 2.35 bits per heavy atom. The zero-order valence-corrected chi connectivity index (χ0v) is 10.1. The van der Waals surface area contributed by atoms with Crippen LogP contribution in [-0.2, 0) is 6.18 Å². The number of benzene rings is 1. The monoisotopic (exact) mass is 288 g/mol. The third-order valence-electron chi connectivity index (χ3n) is 2.68. The van der Waals surface area contributed by atoms with Gasteiger partial charge in [-0.3, -0.25) is 0 Å². The molecule has 5 nitrogen and oxygen atoms in total. The lowest BCUT2D eigenvalue weighted by Gasteiger charge is -2.12. The van der Waals surface area contributed by atoms with Crippen molar-refractivity contribution in [3.63, 3.8) is 0 Å². The normalized spacial score (nSPS) is 14.8. The summed E-state index contributed by atoms with van der Waals surface area (Å²) >= 11 is 0. The van der Waals surface area contributed by atoms with Gasteiger partial charge in [0.2, 0.25) is 0 Å². The van der Waals surface area contributed by atoms with Crippen molar-refractivity contribution in [3.05, 3.63) is 29.3 Å². The summed E-state index contributed by atoms with van der Waals surface area (Å²) in [6.07, 6.45) is -3.03. The molecule has 0 atom stereocenters. The minimum absolute atomic E-state index is 0.0414. The van der Waals surface area contributed by atoms with Crippen molar-refractivity contribution in [1.82, 2.24) is 5.32 Å². The van der Waals surface area contributed by atoms with Crippen molar-refractivity contribution in [2.75, 3.05) is 5.32 Å². The summed E-state index contributed by atoms with van der Waals surface area (Å²) in [4.78, 5) is 22.3. The first-order valence-electron chi connectivity index (χ1n) is 5.79. The van der Waals surface area contributed by atoms with Gasteiger partial charge in [0, 0.05) is 11.7 Å². The smallest absolute Gasteiger partial charge is 0.416 e. The first kappa shape index (κ1) is 14.2. The van der Waals surface area contributed by atoms with Crippen molar-refractivity contribution >= 4 is 17.7 Å². The number of rotatable bonds is 3. The maximum Gasteiger partial charge on any atom is 0.416 e. The highest BCUT2D eigenvalue weighted by atomic mass is 19.4. The molecule has 3 N–H and O–H groups in total. The molecule has 0 radical (unpaired) electrons. The summed E-state index contributed by atoms with van der Waals surface area (Å²) in [6.45, 7) is 0. The molecule has 1 saturated carbocycles. The Bertz CT molecular complexity index is 553. The van der Waals surface area contributed by atoms with Gasteiger partial charge in [0.05, 0.1) is 11.1 Å². The number of aromatic carboxylic acids is 1. The fraction of sp³-hybridized carbons (Fsp3) is 0.333. The summed E-state index contributed by atoms with van der Waals surface area (Å²) in [7, 11) is 0. The molecule has 0 unspecified atom stereocenters. The Labute approximate surface area is 111 Å². The van der Waals surface area contributed by atoms with E-state index in [0.29, 0.717) is 12.1 Å². The van der Waals surface area contributed by atoms with Gasteiger partial charge in [-0.1, -0.05) is 0 Å². The maximum atomic E-state index is 12.6. The van der Waals surface area contributed by atoms with Crippen molar-refractivity contribution in [3.8, 4) is 0 Å². The van der Waals surface area contributed by atoms with Crippen LogP contribution in [0, 0.1) is 0 Å². The van der Waals surface area contributed by atoms with Crippen LogP contribution in [0.1, 0.15) is 28.8 Å². The van der Waals surface area contributed by atoms with E-state index in [2.05, 4.69) is 10.6 Å². The quantitative estimate of drug-likeness (QED) is 0.800. The predicted octanol–water partition coefficient (Wildman–Crippen LogP) is 2.69. The number of anilines is 1. The second kappa shape index (κ2) is 5.03. The molecule has 2 rings (SSSR count). The topological polar surface area (TPSA) is 78.4 Å². The molecule has 1 fully saturated rings. The van der Waals surface area contributed by atoms with Crippen LogP contribution < -0.4 is 10.6 Å². The minimum atomic E-state index is -4.69. The fourth-order valence-electron chi connectivity index (χ4n) is 1.57. The molecular weight excluding hydrogens is 277 g/mol. The molecule has 1 aromatic rings. The lowest BCUT2D eigenvalue weighted by atomic mass is 10.1. The molecule has 0 aromatic heterocycles. The fourth-order valence-corrected chi connectivity index (χ4v) is 1.57. The summed E-state index contributed by atoms with van der Waals surface area (Å²) < 4.78 is 37.9. The standard InChI is InChI=1S/C12H11F3N2O3/c13-12(14,15)7-3-6(10(18)19)4-9(5-7)17-11(20)16-8-1-2-8/h3-5,8H,1-2H2,(H,18,19)(H2,16,17,20). The third-order valence-corrected chi connectivity index (χ3v) is 2.68. The largest absolute Gasteiger partial charge is 0.478 e. The number of carboxylic acid groups (broad SMARTS) is 1. The summed E-state index contributed by atoms with van der Waals surface area (Å²) in [5.74, 6) is -1.50. The van der Waals surface area contributed by atoms with Gasteiger partial charge in [0.1, 0.15) is 0 Å². The molecule has 20 heavy (non-hydrogen) atoms. The van der Waals surface area contributed by atoms with E-state index in [0.717, 1.165) is 18.9 Å². The zero-order chi connectivity index (χ0) is 14.9. The lowest BCUT2D eigenvalue weighted by Crippen LogP contribution is -2.30. The van der Waals surface area contributed by atoms with Crippen molar-refractivity contribution in [1.29, 1.82) is 0 Å². The van der Waals surface area contributed by atoms with E-state index in [-0.39, 0.29) is 11.7 Å². The van der Waals surface area contributed by atoms with E-state index >= 15 is 0 Å². The summed E-state index contributed by atoms with van der Waals surface area (Å²) in [5.41, 5.74) is -1.88. The van der Waals surface area contributed by atoms with Crippen LogP contribution in [0.3, 0.4) is 0 Å². The van der Waals surface area contributed by atoms with Gasteiger partial charge < -0.3 is 15.7 Å². The third kappa shape index (κ3) is 3.62. The van der Waals surface area contributed by atoms with Crippen LogP contribution in [-0.4, -0.2) is 23.1 Å². The average molecular weight is 288 g/mol. The number of nitrogens with one attached hydrogen (secondary N) is 2. The van der Waals surface area contributed by atoms with E-state index in [9.17, 15) is 22.8 Å². The van der Waals surface area contributed by atoms with Gasteiger partial charge in [-0.2, -0.15) is 13.2 Å². The molecule has 108 valence electrons. The summed E-state index contributed by atoms with van der Waals surface area (Å²) in [6, 6.07) is 1.58. The van der Waals surface area contributed by atoms with E-state index in [4.69, 9.17) is 5.11 Å². The van der Waals surface area contributed by atoms with E-state index in [1.54, 1.807) is 0 Å². The minimum Gasteiger partial charge on any atom is -0.478 e. The zero-order valence-electron chi connectivity index (χ0n) is 10.1. The van der Waals surface area contributed by atoms with Gasteiger partial charge in [0.15, 0.2) is 0 Å². The van der Waals surface area contributed by atoms with Crippen molar-refractivity contribution < 1.29 is 27.9 Å². The first-order chi connectivity index (χ1) is 9.25. The van der Waals surface area contributed by atoms with Gasteiger partial charge in [-0.15, -0.1) is 0 Å². The van der Waals surface area contributed by atoms with Crippen LogP contribution >= 0.6 is 0 Å². The number of halogens is 3.